The van der Waals surface area contributed by atoms with Gasteiger partial charge in [0.05, 0.1) is 17.8 Å². The first-order chi connectivity index (χ1) is 8.58. The molecule has 6 nitrogen and oxygen atoms in total. The van der Waals surface area contributed by atoms with Crippen LogP contribution in [0.3, 0.4) is 0 Å². The number of hydrogen-bond donors (Lipinski definition) is 1. The van der Waals surface area contributed by atoms with Crippen molar-refractivity contribution in [3.63, 3.8) is 0 Å². The minimum absolute atomic E-state index is 0.0816. The summed E-state index contributed by atoms with van der Waals surface area (Å²) >= 11 is 0. The Balaban J connectivity index is 1.87. The van der Waals surface area contributed by atoms with Gasteiger partial charge in [-0.25, -0.2) is 4.79 Å². The molecule has 0 aromatic carbocycles. The Bertz CT molecular complexity index is 477. The van der Waals surface area contributed by atoms with Crippen molar-refractivity contribution in [2.75, 3.05) is 6.61 Å². The number of carbonyl (C=O) groups is 2. The van der Waals surface area contributed by atoms with Gasteiger partial charge in [-0.2, -0.15) is 0 Å². The summed E-state index contributed by atoms with van der Waals surface area (Å²) < 4.78 is 15.1. The maximum Gasteiger partial charge on any atom is 0.338 e. The lowest BCUT2D eigenvalue weighted by Gasteiger charge is -2.29. The van der Waals surface area contributed by atoms with E-state index in [1.165, 1.54) is 13.2 Å². The fourth-order valence-electron chi connectivity index (χ4n) is 2.71. The monoisotopic (exact) mass is 252 g/mol. The van der Waals surface area contributed by atoms with Crippen molar-refractivity contribution in [1.82, 2.24) is 0 Å². The van der Waals surface area contributed by atoms with Crippen LogP contribution in [0.1, 0.15) is 6.92 Å². The minimum Gasteiger partial charge on any atom is -0.472 e. The van der Waals surface area contributed by atoms with E-state index < -0.39 is 24.3 Å². The molecule has 1 N–H and O–H groups in total. The highest BCUT2D eigenvalue weighted by molar-refractivity contribution is 5.92. The zero-order valence-electron chi connectivity index (χ0n) is 9.66. The van der Waals surface area contributed by atoms with Crippen molar-refractivity contribution in [3.05, 3.63) is 23.5 Å². The zero-order valence-corrected chi connectivity index (χ0v) is 9.66. The van der Waals surface area contributed by atoms with Crippen molar-refractivity contribution in [2.45, 2.75) is 19.3 Å². The quantitative estimate of drug-likeness (QED) is 0.545. The molecule has 1 aliphatic carbocycles. The molecular formula is C12H12O6. The normalized spacial score (nSPS) is 36.2. The van der Waals surface area contributed by atoms with E-state index in [4.69, 9.17) is 14.2 Å². The van der Waals surface area contributed by atoms with Crippen LogP contribution in [0, 0.1) is 11.8 Å². The molecule has 0 bridgehead atoms. The van der Waals surface area contributed by atoms with Gasteiger partial charge in [0, 0.05) is 12.8 Å². The van der Waals surface area contributed by atoms with Crippen molar-refractivity contribution in [1.29, 1.82) is 0 Å². The molecule has 96 valence electrons. The fourth-order valence-corrected chi connectivity index (χ4v) is 2.71. The van der Waals surface area contributed by atoms with Gasteiger partial charge >= 0.3 is 11.9 Å². The standard InChI is InChI=1S/C12H12O6/c1-5(13)16-3-6-2-8-10-7(11(14)18-8)4-17-12(15)9(6)10/h2,4,8-10,12,15H,3H2,1H3. The van der Waals surface area contributed by atoms with Gasteiger partial charge in [0.15, 0.2) is 0 Å². The predicted octanol–water partition coefficient (Wildman–Crippen LogP) is -0.120. The number of esters is 2. The first-order valence-corrected chi connectivity index (χ1v) is 5.66. The minimum atomic E-state index is -1.04. The van der Waals surface area contributed by atoms with Crippen LogP contribution >= 0.6 is 0 Å². The smallest absolute Gasteiger partial charge is 0.338 e. The molecule has 18 heavy (non-hydrogen) atoms. The van der Waals surface area contributed by atoms with Crippen molar-refractivity contribution < 1.29 is 28.9 Å². The zero-order chi connectivity index (χ0) is 12.9. The highest BCUT2D eigenvalue weighted by Gasteiger charge is 2.54. The van der Waals surface area contributed by atoms with Crippen molar-refractivity contribution in [2.24, 2.45) is 11.8 Å². The van der Waals surface area contributed by atoms with Gasteiger partial charge in [-0.05, 0) is 11.6 Å². The van der Waals surface area contributed by atoms with Gasteiger partial charge in [-0.3, -0.25) is 4.79 Å². The average Bonchev–Trinajstić information content (AvgIpc) is 2.80. The van der Waals surface area contributed by atoms with Crippen molar-refractivity contribution in [3.8, 4) is 0 Å². The van der Waals surface area contributed by atoms with E-state index in [1.807, 2.05) is 0 Å². The lowest BCUT2D eigenvalue weighted by molar-refractivity contribution is -0.141. The van der Waals surface area contributed by atoms with Crippen LogP contribution in [-0.2, 0) is 23.8 Å². The summed E-state index contributed by atoms with van der Waals surface area (Å²) in [5.41, 5.74) is 1.16. The molecule has 0 spiro atoms. The van der Waals surface area contributed by atoms with E-state index in [1.54, 1.807) is 6.08 Å². The van der Waals surface area contributed by atoms with E-state index in [9.17, 15) is 14.7 Å². The average molecular weight is 252 g/mol. The van der Waals surface area contributed by atoms with Crippen LogP contribution in [0.4, 0.5) is 0 Å². The predicted molar refractivity (Wildman–Crippen MR) is 56.8 cm³/mol. The number of rotatable bonds is 2. The maximum atomic E-state index is 11.5. The Labute approximate surface area is 103 Å². The molecule has 0 aromatic heterocycles. The summed E-state index contributed by atoms with van der Waals surface area (Å²) in [5.74, 6) is -1.43. The summed E-state index contributed by atoms with van der Waals surface area (Å²) in [7, 11) is 0. The first kappa shape index (κ1) is 11.3. The molecule has 4 unspecified atom stereocenters. The second-order valence-corrected chi connectivity index (χ2v) is 4.54. The fraction of sp³-hybridized carbons (Fsp3) is 0.500. The van der Waals surface area contributed by atoms with Gasteiger partial charge in [0.25, 0.3) is 0 Å². The summed E-state index contributed by atoms with van der Waals surface area (Å²) in [6, 6.07) is 0. The lowest BCUT2D eigenvalue weighted by Crippen LogP contribution is -2.35. The third-order valence-corrected chi connectivity index (χ3v) is 3.47. The molecule has 2 heterocycles. The molecular weight excluding hydrogens is 240 g/mol. The Kier molecular flexibility index (Phi) is 2.41. The Hall–Kier alpha value is -1.82. The van der Waals surface area contributed by atoms with Crippen molar-refractivity contribution >= 4 is 11.9 Å². The highest BCUT2D eigenvalue weighted by Crippen LogP contribution is 2.47. The van der Waals surface area contributed by atoms with Crippen LogP contribution in [0.2, 0.25) is 0 Å². The van der Waals surface area contributed by atoms with E-state index >= 15 is 0 Å². The Morgan fingerprint density at radius 3 is 3.00 bits per heavy atom. The summed E-state index contributed by atoms with van der Waals surface area (Å²) in [6.07, 6.45) is 1.56. The van der Waals surface area contributed by atoms with Crippen LogP contribution < -0.4 is 0 Å². The third-order valence-electron chi connectivity index (χ3n) is 3.47. The van der Waals surface area contributed by atoms with E-state index in [0.717, 1.165) is 5.57 Å². The van der Waals surface area contributed by atoms with E-state index in [-0.39, 0.29) is 18.4 Å². The van der Waals surface area contributed by atoms with E-state index in [0.29, 0.717) is 5.57 Å². The molecule has 0 amide bonds. The summed E-state index contributed by atoms with van der Waals surface area (Å²) in [5, 5.41) is 9.85. The lowest BCUT2D eigenvalue weighted by atomic mass is 9.84. The van der Waals surface area contributed by atoms with Gasteiger partial charge in [-0.15, -0.1) is 0 Å². The number of aliphatic hydroxyl groups excluding tert-OH is 1. The topological polar surface area (TPSA) is 82.1 Å². The van der Waals surface area contributed by atoms with Crippen LogP contribution in [-0.4, -0.2) is 36.0 Å². The number of hydrogen-bond acceptors (Lipinski definition) is 6. The highest BCUT2D eigenvalue weighted by atomic mass is 16.6. The molecule has 6 heteroatoms. The van der Waals surface area contributed by atoms with Gasteiger partial charge in [0.2, 0.25) is 6.29 Å². The van der Waals surface area contributed by atoms with Crippen LogP contribution in [0.15, 0.2) is 23.5 Å². The first-order valence-electron chi connectivity index (χ1n) is 5.66. The molecule has 4 atom stereocenters. The number of ether oxygens (including phenoxy) is 3. The van der Waals surface area contributed by atoms with Crippen LogP contribution in [0.25, 0.3) is 0 Å². The number of aliphatic hydroxyl groups is 1. The third kappa shape index (κ3) is 1.53. The molecule has 1 saturated heterocycles. The van der Waals surface area contributed by atoms with E-state index in [2.05, 4.69) is 0 Å². The molecule has 3 aliphatic rings. The molecule has 0 radical (unpaired) electrons. The van der Waals surface area contributed by atoms with Gasteiger partial charge < -0.3 is 19.3 Å². The largest absolute Gasteiger partial charge is 0.472 e. The molecule has 1 fully saturated rings. The van der Waals surface area contributed by atoms with Gasteiger partial charge in [-0.1, -0.05) is 0 Å². The molecule has 0 aromatic rings. The molecule has 3 rings (SSSR count). The molecule has 0 saturated carbocycles. The maximum absolute atomic E-state index is 11.5. The Morgan fingerprint density at radius 2 is 2.28 bits per heavy atom. The number of carbonyl (C=O) groups excluding carboxylic acids is 2. The molecule has 2 aliphatic heterocycles. The second kappa shape index (κ2) is 3.84. The van der Waals surface area contributed by atoms with Gasteiger partial charge in [0.1, 0.15) is 12.7 Å². The summed E-state index contributed by atoms with van der Waals surface area (Å²) in [6.45, 7) is 1.40. The second-order valence-electron chi connectivity index (χ2n) is 4.54. The Morgan fingerprint density at radius 1 is 1.50 bits per heavy atom. The SMILES string of the molecule is CC(=O)OCC1=CC2OC(=O)C3=COC(O)C1C32. The summed E-state index contributed by atoms with van der Waals surface area (Å²) in [4.78, 5) is 22.3. The van der Waals surface area contributed by atoms with Crippen LogP contribution in [0.5, 0.6) is 0 Å².